The molecule has 1 aromatic carbocycles. The smallest absolute Gasteiger partial charge is 0.119 e. The van der Waals surface area contributed by atoms with Crippen molar-refractivity contribution in [2.45, 2.75) is 10.1 Å². The van der Waals surface area contributed by atoms with Crippen LogP contribution in [0.25, 0.3) is 0 Å². The number of aliphatic hydroxyl groups is 1. The number of benzene rings is 1. The van der Waals surface area contributed by atoms with E-state index in [-0.39, 0.29) is 11.9 Å². The van der Waals surface area contributed by atoms with Gasteiger partial charge in [-0.15, -0.1) is 11.8 Å². The molecule has 0 spiro atoms. The number of rotatable bonds is 4. The molecule has 2 nitrogen and oxygen atoms in total. The highest BCUT2D eigenvalue weighted by atomic mass is 79.9. The number of aliphatic hydroxyl groups excluding tert-OH is 1. The molecule has 0 bridgehead atoms. The van der Waals surface area contributed by atoms with Crippen LogP contribution in [0.15, 0.2) is 56.4 Å². The molecule has 2 aromatic rings. The quantitative estimate of drug-likeness (QED) is 0.870. The van der Waals surface area contributed by atoms with E-state index in [9.17, 15) is 5.11 Å². The molecule has 84 valence electrons. The topological polar surface area (TPSA) is 33.4 Å². The summed E-state index contributed by atoms with van der Waals surface area (Å²) in [6.07, 6.45) is 1.62. The van der Waals surface area contributed by atoms with E-state index < -0.39 is 0 Å². The van der Waals surface area contributed by atoms with Crippen LogP contribution >= 0.6 is 27.7 Å². The molecule has 0 amide bonds. The standard InChI is InChI=1S/C12H11BrO2S/c13-9-4-1-2-6-11(9)16-12(8-14)10-5-3-7-15-10/h1-7,12,14H,8H2/t12-/m0/s1. The SMILES string of the molecule is OC[C@H](Sc1ccccc1Br)c1ccco1. The lowest BCUT2D eigenvalue weighted by Crippen LogP contribution is -1.98. The minimum atomic E-state index is -0.0614. The molecule has 1 aromatic heterocycles. The van der Waals surface area contributed by atoms with Crippen LogP contribution in [0.2, 0.25) is 0 Å². The van der Waals surface area contributed by atoms with Crippen LogP contribution < -0.4 is 0 Å². The first kappa shape index (κ1) is 11.8. The molecule has 0 radical (unpaired) electrons. The van der Waals surface area contributed by atoms with Crippen LogP contribution in [0, 0.1) is 0 Å². The van der Waals surface area contributed by atoms with Crippen LogP contribution in [-0.4, -0.2) is 11.7 Å². The maximum Gasteiger partial charge on any atom is 0.119 e. The number of thioether (sulfide) groups is 1. The van der Waals surface area contributed by atoms with Gasteiger partial charge in [0.1, 0.15) is 5.76 Å². The average molecular weight is 299 g/mol. The van der Waals surface area contributed by atoms with Crippen molar-refractivity contribution in [3.05, 3.63) is 52.9 Å². The lowest BCUT2D eigenvalue weighted by atomic mass is 10.3. The lowest BCUT2D eigenvalue weighted by Gasteiger charge is -2.12. The molecular weight excluding hydrogens is 288 g/mol. The molecule has 4 heteroatoms. The highest BCUT2D eigenvalue weighted by molar-refractivity contribution is 9.10. The van der Waals surface area contributed by atoms with Gasteiger partial charge in [-0.3, -0.25) is 0 Å². The Morgan fingerprint density at radius 1 is 1.25 bits per heavy atom. The average Bonchev–Trinajstić information content (AvgIpc) is 2.81. The molecular formula is C12H11BrO2S. The van der Waals surface area contributed by atoms with Gasteiger partial charge >= 0.3 is 0 Å². The molecule has 0 aliphatic rings. The van der Waals surface area contributed by atoms with Gasteiger partial charge in [0.05, 0.1) is 18.1 Å². The van der Waals surface area contributed by atoms with Crippen LogP contribution in [-0.2, 0) is 0 Å². The summed E-state index contributed by atoms with van der Waals surface area (Å²) in [7, 11) is 0. The third-order valence-corrected chi connectivity index (χ3v) is 4.36. The van der Waals surface area contributed by atoms with Crippen molar-refractivity contribution in [1.29, 1.82) is 0 Å². The van der Waals surface area contributed by atoms with Crippen LogP contribution in [0.5, 0.6) is 0 Å². The Morgan fingerprint density at radius 2 is 2.06 bits per heavy atom. The van der Waals surface area contributed by atoms with Gasteiger partial charge in [-0.25, -0.2) is 0 Å². The maximum absolute atomic E-state index is 9.35. The number of hydrogen-bond donors (Lipinski definition) is 1. The van der Waals surface area contributed by atoms with Crippen molar-refractivity contribution in [1.82, 2.24) is 0 Å². The van der Waals surface area contributed by atoms with E-state index in [1.54, 1.807) is 18.0 Å². The Labute approximate surface area is 107 Å². The second-order valence-electron chi connectivity index (χ2n) is 3.23. The van der Waals surface area contributed by atoms with Crippen LogP contribution in [0.4, 0.5) is 0 Å². The summed E-state index contributed by atoms with van der Waals surface area (Å²) in [5, 5.41) is 9.29. The fourth-order valence-corrected chi connectivity index (χ4v) is 2.89. The summed E-state index contributed by atoms with van der Waals surface area (Å²) in [5.41, 5.74) is 0. The molecule has 1 heterocycles. The largest absolute Gasteiger partial charge is 0.468 e. The summed E-state index contributed by atoms with van der Waals surface area (Å²) in [6, 6.07) is 11.7. The Balaban J connectivity index is 2.17. The van der Waals surface area contributed by atoms with Gasteiger partial charge in [-0.1, -0.05) is 12.1 Å². The molecule has 1 atom stereocenters. The summed E-state index contributed by atoms with van der Waals surface area (Å²) in [4.78, 5) is 1.10. The van der Waals surface area contributed by atoms with Crippen molar-refractivity contribution in [2.24, 2.45) is 0 Å². The third-order valence-electron chi connectivity index (χ3n) is 2.13. The molecule has 2 rings (SSSR count). The van der Waals surface area contributed by atoms with E-state index in [1.807, 2.05) is 36.4 Å². The van der Waals surface area contributed by atoms with Gasteiger partial charge < -0.3 is 9.52 Å². The molecule has 0 aliphatic carbocycles. The van der Waals surface area contributed by atoms with E-state index in [0.717, 1.165) is 15.1 Å². The van der Waals surface area contributed by atoms with Gasteiger partial charge in [0.2, 0.25) is 0 Å². The highest BCUT2D eigenvalue weighted by Crippen LogP contribution is 2.38. The van der Waals surface area contributed by atoms with E-state index in [0.29, 0.717) is 0 Å². The Bertz CT molecular complexity index is 442. The van der Waals surface area contributed by atoms with Crippen LogP contribution in [0.1, 0.15) is 11.0 Å². The van der Waals surface area contributed by atoms with Crippen molar-refractivity contribution < 1.29 is 9.52 Å². The molecule has 0 fully saturated rings. The Morgan fingerprint density at radius 3 is 2.69 bits per heavy atom. The monoisotopic (exact) mass is 298 g/mol. The fourth-order valence-electron chi connectivity index (χ4n) is 1.35. The molecule has 1 N–H and O–H groups in total. The Kier molecular flexibility index (Phi) is 4.09. The van der Waals surface area contributed by atoms with Crippen molar-refractivity contribution in [2.75, 3.05) is 6.61 Å². The van der Waals surface area contributed by atoms with Crippen molar-refractivity contribution >= 4 is 27.7 Å². The van der Waals surface area contributed by atoms with Gasteiger partial charge in [-0.2, -0.15) is 0 Å². The maximum atomic E-state index is 9.35. The van der Waals surface area contributed by atoms with E-state index in [1.165, 1.54) is 0 Å². The molecule has 0 aliphatic heterocycles. The van der Waals surface area contributed by atoms with Gasteiger partial charge in [-0.05, 0) is 40.2 Å². The zero-order valence-electron chi connectivity index (χ0n) is 8.47. The number of halogens is 1. The second kappa shape index (κ2) is 5.57. The lowest BCUT2D eigenvalue weighted by molar-refractivity contribution is 0.284. The predicted octanol–water partition coefficient (Wildman–Crippen LogP) is 3.87. The first-order chi connectivity index (χ1) is 7.81. The van der Waals surface area contributed by atoms with E-state index in [4.69, 9.17) is 4.42 Å². The summed E-state index contributed by atoms with van der Waals surface area (Å²) >= 11 is 5.07. The summed E-state index contributed by atoms with van der Waals surface area (Å²) in [6.45, 7) is 0.0551. The van der Waals surface area contributed by atoms with Crippen molar-refractivity contribution in [3.63, 3.8) is 0 Å². The zero-order valence-corrected chi connectivity index (χ0v) is 10.9. The zero-order chi connectivity index (χ0) is 11.4. The third kappa shape index (κ3) is 2.70. The van der Waals surface area contributed by atoms with E-state index >= 15 is 0 Å². The molecule has 0 saturated heterocycles. The number of hydrogen-bond acceptors (Lipinski definition) is 3. The molecule has 0 saturated carbocycles. The summed E-state index contributed by atoms with van der Waals surface area (Å²) < 4.78 is 6.33. The highest BCUT2D eigenvalue weighted by Gasteiger charge is 2.15. The molecule has 16 heavy (non-hydrogen) atoms. The van der Waals surface area contributed by atoms with Gasteiger partial charge in [0.25, 0.3) is 0 Å². The second-order valence-corrected chi connectivity index (χ2v) is 5.33. The van der Waals surface area contributed by atoms with Crippen molar-refractivity contribution in [3.8, 4) is 0 Å². The number of furan rings is 1. The Hall–Kier alpha value is -0.710. The summed E-state index contributed by atoms with van der Waals surface area (Å²) in [5.74, 6) is 0.795. The first-order valence-corrected chi connectivity index (χ1v) is 6.54. The van der Waals surface area contributed by atoms with Gasteiger partial charge in [0, 0.05) is 9.37 Å². The normalized spacial score (nSPS) is 12.6. The minimum absolute atomic E-state index is 0.0551. The van der Waals surface area contributed by atoms with E-state index in [2.05, 4.69) is 15.9 Å². The first-order valence-electron chi connectivity index (χ1n) is 4.86. The van der Waals surface area contributed by atoms with Crippen LogP contribution in [0.3, 0.4) is 0 Å². The molecule has 0 unspecified atom stereocenters. The predicted molar refractivity (Wildman–Crippen MR) is 68.5 cm³/mol. The van der Waals surface area contributed by atoms with Gasteiger partial charge in [0.15, 0.2) is 0 Å². The minimum Gasteiger partial charge on any atom is -0.468 e. The fraction of sp³-hybridized carbons (Fsp3) is 0.167.